The Bertz CT molecular complexity index is 598. The second kappa shape index (κ2) is 3.62. The Balaban J connectivity index is 2.10. The summed E-state index contributed by atoms with van der Waals surface area (Å²) in [5.74, 6) is -0.548. The number of carboxylic acid groups (broad SMARTS) is 1. The van der Waals surface area contributed by atoms with E-state index in [0.717, 1.165) is 24.1 Å². The molecule has 1 aliphatic carbocycles. The summed E-state index contributed by atoms with van der Waals surface area (Å²) >= 11 is 0. The number of aromatic nitrogens is 1. The fraction of sp³-hybridized carbons (Fsp3) is 0.357. The van der Waals surface area contributed by atoms with E-state index in [2.05, 4.69) is 30.1 Å². The first-order valence-corrected chi connectivity index (χ1v) is 5.98. The van der Waals surface area contributed by atoms with Gasteiger partial charge in [0, 0.05) is 22.5 Å². The topological polar surface area (TPSA) is 53.1 Å². The molecule has 2 aromatic rings. The van der Waals surface area contributed by atoms with Crippen LogP contribution in [0.2, 0.25) is 0 Å². The largest absolute Gasteiger partial charge is 0.481 e. The molecular weight excluding hydrogens is 214 g/mol. The molecule has 3 rings (SSSR count). The predicted octanol–water partition coefficient (Wildman–Crippen LogP) is 2.98. The number of nitrogens with one attached hydrogen (secondary N) is 1. The predicted molar refractivity (Wildman–Crippen MR) is 66.4 cm³/mol. The molecule has 0 aliphatic heterocycles. The highest BCUT2D eigenvalue weighted by Crippen LogP contribution is 2.39. The van der Waals surface area contributed by atoms with Crippen LogP contribution in [-0.2, 0) is 11.2 Å². The number of H-pyrrole nitrogens is 1. The van der Waals surface area contributed by atoms with E-state index in [1.807, 2.05) is 0 Å². The van der Waals surface area contributed by atoms with Crippen LogP contribution in [0.15, 0.2) is 18.2 Å². The van der Waals surface area contributed by atoms with E-state index in [1.54, 1.807) is 0 Å². The summed E-state index contributed by atoms with van der Waals surface area (Å²) in [6.07, 6.45) is 2.19. The van der Waals surface area contributed by atoms with Gasteiger partial charge in [-0.15, -0.1) is 0 Å². The first-order chi connectivity index (χ1) is 8.15. The van der Waals surface area contributed by atoms with E-state index in [-0.39, 0.29) is 12.3 Å². The molecule has 0 saturated carbocycles. The van der Waals surface area contributed by atoms with Crippen LogP contribution in [0, 0.1) is 6.92 Å². The average molecular weight is 229 g/mol. The molecule has 0 amide bonds. The Labute approximate surface area is 99.5 Å². The van der Waals surface area contributed by atoms with E-state index in [4.69, 9.17) is 5.11 Å². The van der Waals surface area contributed by atoms with Crippen LogP contribution >= 0.6 is 0 Å². The Hall–Kier alpha value is -1.77. The Kier molecular flexibility index (Phi) is 2.21. The van der Waals surface area contributed by atoms with Crippen LogP contribution in [-0.4, -0.2) is 16.1 Å². The summed E-state index contributed by atoms with van der Waals surface area (Å²) in [6, 6.07) is 6.36. The van der Waals surface area contributed by atoms with Crippen LogP contribution in [0.5, 0.6) is 0 Å². The van der Waals surface area contributed by atoms with Crippen molar-refractivity contribution in [2.24, 2.45) is 0 Å². The second-order valence-electron chi connectivity index (χ2n) is 4.90. The third-order valence-electron chi connectivity index (χ3n) is 3.67. The van der Waals surface area contributed by atoms with Crippen molar-refractivity contribution in [1.82, 2.24) is 4.98 Å². The van der Waals surface area contributed by atoms with Crippen molar-refractivity contribution >= 4 is 16.9 Å². The van der Waals surface area contributed by atoms with Gasteiger partial charge in [-0.1, -0.05) is 11.6 Å². The molecule has 3 nitrogen and oxygen atoms in total. The van der Waals surface area contributed by atoms with Gasteiger partial charge in [0.15, 0.2) is 0 Å². The summed E-state index contributed by atoms with van der Waals surface area (Å²) in [7, 11) is 0. The van der Waals surface area contributed by atoms with Gasteiger partial charge < -0.3 is 10.1 Å². The van der Waals surface area contributed by atoms with Crippen molar-refractivity contribution in [1.29, 1.82) is 0 Å². The molecular formula is C14H15NO2. The molecule has 17 heavy (non-hydrogen) atoms. The minimum Gasteiger partial charge on any atom is -0.481 e. The molecule has 1 aromatic heterocycles. The van der Waals surface area contributed by atoms with Gasteiger partial charge in [0.25, 0.3) is 0 Å². The molecule has 3 heteroatoms. The van der Waals surface area contributed by atoms with Gasteiger partial charge in [-0.25, -0.2) is 0 Å². The molecule has 0 fully saturated rings. The maximum atomic E-state index is 10.8. The number of benzene rings is 1. The lowest BCUT2D eigenvalue weighted by Gasteiger charge is -2.05. The third-order valence-corrected chi connectivity index (χ3v) is 3.67. The van der Waals surface area contributed by atoms with E-state index < -0.39 is 5.97 Å². The van der Waals surface area contributed by atoms with Gasteiger partial charge in [-0.2, -0.15) is 0 Å². The highest BCUT2D eigenvalue weighted by atomic mass is 16.4. The Morgan fingerprint density at radius 2 is 2.35 bits per heavy atom. The highest BCUT2D eigenvalue weighted by Gasteiger charge is 2.28. The van der Waals surface area contributed by atoms with Crippen LogP contribution < -0.4 is 0 Å². The third kappa shape index (κ3) is 1.62. The number of carbonyl (C=O) groups is 1. The van der Waals surface area contributed by atoms with E-state index in [9.17, 15) is 4.79 Å². The number of fused-ring (bicyclic) bond motifs is 3. The van der Waals surface area contributed by atoms with Gasteiger partial charge in [0.05, 0.1) is 6.42 Å². The maximum Gasteiger partial charge on any atom is 0.304 e. The molecule has 0 saturated heterocycles. The zero-order valence-corrected chi connectivity index (χ0v) is 9.79. The zero-order valence-electron chi connectivity index (χ0n) is 9.79. The SMILES string of the molecule is Cc1ccc2[nH]c3c(c2c1)CCC3CC(=O)O. The highest BCUT2D eigenvalue weighted by molar-refractivity contribution is 5.86. The normalized spacial score (nSPS) is 18.5. The van der Waals surface area contributed by atoms with Crippen molar-refractivity contribution in [2.45, 2.75) is 32.1 Å². The maximum absolute atomic E-state index is 10.8. The molecule has 0 spiro atoms. The standard InChI is InChI=1S/C14H15NO2/c1-8-2-5-12-11(6-8)10-4-3-9(7-13(16)17)14(10)15-12/h2,5-6,9,15H,3-4,7H2,1H3,(H,16,17). The summed E-state index contributed by atoms with van der Waals surface area (Å²) < 4.78 is 0. The Morgan fingerprint density at radius 3 is 3.12 bits per heavy atom. The fourth-order valence-electron chi connectivity index (χ4n) is 2.88. The van der Waals surface area contributed by atoms with Gasteiger partial charge in [-0.3, -0.25) is 4.79 Å². The van der Waals surface area contributed by atoms with Crippen molar-refractivity contribution < 1.29 is 9.90 Å². The summed E-state index contributed by atoms with van der Waals surface area (Å²) in [5.41, 5.74) is 4.86. The van der Waals surface area contributed by atoms with Crippen molar-refractivity contribution in [3.63, 3.8) is 0 Å². The average Bonchev–Trinajstić information content (AvgIpc) is 2.78. The van der Waals surface area contributed by atoms with Gasteiger partial charge in [0.2, 0.25) is 0 Å². The summed E-state index contributed by atoms with van der Waals surface area (Å²) in [5, 5.41) is 10.2. The lowest BCUT2D eigenvalue weighted by atomic mass is 10.0. The molecule has 1 heterocycles. The molecule has 0 bridgehead atoms. The van der Waals surface area contributed by atoms with Crippen LogP contribution in [0.4, 0.5) is 0 Å². The fourth-order valence-corrected chi connectivity index (χ4v) is 2.88. The van der Waals surface area contributed by atoms with E-state index in [0.29, 0.717) is 0 Å². The quantitative estimate of drug-likeness (QED) is 0.831. The number of rotatable bonds is 2. The molecule has 1 aromatic carbocycles. The lowest BCUT2D eigenvalue weighted by Crippen LogP contribution is -2.03. The van der Waals surface area contributed by atoms with Crippen molar-refractivity contribution in [2.75, 3.05) is 0 Å². The minimum atomic E-state index is -0.710. The van der Waals surface area contributed by atoms with E-state index in [1.165, 1.54) is 16.5 Å². The first kappa shape index (κ1) is 10.4. The number of aliphatic carboxylic acids is 1. The van der Waals surface area contributed by atoms with Crippen molar-refractivity contribution in [3.05, 3.63) is 35.0 Å². The van der Waals surface area contributed by atoms with Crippen LogP contribution in [0.1, 0.15) is 35.6 Å². The minimum absolute atomic E-state index is 0.162. The molecule has 1 unspecified atom stereocenters. The van der Waals surface area contributed by atoms with E-state index >= 15 is 0 Å². The number of carboxylic acids is 1. The number of aryl methyl sites for hydroxylation is 2. The number of hydrogen-bond donors (Lipinski definition) is 2. The number of aromatic amines is 1. The molecule has 2 N–H and O–H groups in total. The van der Waals surface area contributed by atoms with Gasteiger partial charge >= 0.3 is 5.97 Å². The van der Waals surface area contributed by atoms with Gasteiger partial charge in [-0.05, 0) is 37.5 Å². The van der Waals surface area contributed by atoms with Crippen molar-refractivity contribution in [3.8, 4) is 0 Å². The second-order valence-corrected chi connectivity index (χ2v) is 4.90. The van der Waals surface area contributed by atoms with Gasteiger partial charge in [0.1, 0.15) is 0 Å². The molecule has 0 radical (unpaired) electrons. The molecule has 1 atom stereocenters. The van der Waals surface area contributed by atoms with Crippen LogP contribution in [0.3, 0.4) is 0 Å². The monoisotopic (exact) mass is 229 g/mol. The smallest absolute Gasteiger partial charge is 0.304 e. The number of hydrogen-bond acceptors (Lipinski definition) is 1. The molecule has 88 valence electrons. The Morgan fingerprint density at radius 1 is 1.53 bits per heavy atom. The lowest BCUT2D eigenvalue weighted by molar-refractivity contribution is -0.137. The summed E-state index contributed by atoms with van der Waals surface area (Å²) in [6.45, 7) is 2.09. The zero-order chi connectivity index (χ0) is 12.0. The van der Waals surface area contributed by atoms with Crippen LogP contribution in [0.25, 0.3) is 10.9 Å². The molecule has 1 aliphatic rings. The first-order valence-electron chi connectivity index (χ1n) is 5.98. The summed E-state index contributed by atoms with van der Waals surface area (Å²) in [4.78, 5) is 14.2.